The van der Waals surface area contributed by atoms with Crippen LogP contribution in [0.2, 0.25) is 5.02 Å². The molecule has 0 radical (unpaired) electrons. The van der Waals surface area contributed by atoms with Crippen molar-refractivity contribution in [3.05, 3.63) is 47.5 Å². The normalized spacial score (nSPS) is 21.6. The van der Waals surface area contributed by atoms with E-state index < -0.39 is 0 Å². The molecular weight excluding hydrogens is 270 g/mol. The molecule has 1 heterocycles. The summed E-state index contributed by atoms with van der Waals surface area (Å²) in [6, 6.07) is 8.53. The molecule has 0 aromatic heterocycles. The van der Waals surface area contributed by atoms with E-state index in [0.717, 1.165) is 36.6 Å². The summed E-state index contributed by atoms with van der Waals surface area (Å²) in [6.07, 6.45) is 6.34. The third-order valence-electron chi connectivity index (χ3n) is 4.04. The zero-order valence-corrected chi connectivity index (χ0v) is 13.0. The molecule has 1 aromatic carbocycles. The number of halogens is 1. The summed E-state index contributed by atoms with van der Waals surface area (Å²) in [5.41, 5.74) is 0.839. The molecule has 1 aromatic rings. The second-order valence-corrected chi connectivity index (χ2v) is 6.10. The maximum atomic E-state index is 6.20. The Bertz CT molecular complexity index is 425. The molecule has 2 nitrogen and oxygen atoms in total. The predicted octanol–water partition coefficient (Wildman–Crippen LogP) is 4.29. The van der Waals surface area contributed by atoms with Crippen LogP contribution in [-0.4, -0.2) is 19.2 Å². The number of nitrogens with one attached hydrogen (secondary N) is 1. The Kier molecular flexibility index (Phi) is 5.64. The molecule has 1 saturated heterocycles. The lowest BCUT2D eigenvalue weighted by molar-refractivity contribution is -0.0374. The van der Waals surface area contributed by atoms with Gasteiger partial charge in [-0.05, 0) is 56.8 Å². The predicted molar refractivity (Wildman–Crippen MR) is 85.2 cm³/mol. The zero-order valence-electron chi connectivity index (χ0n) is 12.2. The molecule has 0 aliphatic carbocycles. The number of hydrogen-bond acceptors (Lipinski definition) is 2. The molecule has 0 amide bonds. The van der Waals surface area contributed by atoms with Gasteiger partial charge >= 0.3 is 0 Å². The fourth-order valence-electron chi connectivity index (χ4n) is 2.77. The van der Waals surface area contributed by atoms with Crippen LogP contribution < -0.4 is 5.32 Å². The van der Waals surface area contributed by atoms with Crippen molar-refractivity contribution < 1.29 is 4.74 Å². The minimum Gasteiger partial charge on any atom is -0.370 e. The summed E-state index contributed by atoms with van der Waals surface area (Å²) < 4.78 is 6.20. The minimum atomic E-state index is -0.315. The third-order valence-corrected chi connectivity index (χ3v) is 4.29. The van der Waals surface area contributed by atoms with E-state index in [0.29, 0.717) is 6.04 Å². The van der Waals surface area contributed by atoms with E-state index >= 15 is 0 Å². The highest BCUT2D eigenvalue weighted by Gasteiger charge is 2.26. The quantitative estimate of drug-likeness (QED) is 0.757. The number of hydrogen-bond donors (Lipinski definition) is 1. The van der Waals surface area contributed by atoms with E-state index in [4.69, 9.17) is 16.3 Å². The van der Waals surface area contributed by atoms with E-state index in [1.54, 1.807) is 0 Å². The van der Waals surface area contributed by atoms with Crippen LogP contribution in [0.1, 0.15) is 38.2 Å². The van der Waals surface area contributed by atoms with Crippen LogP contribution in [0.5, 0.6) is 0 Å². The minimum absolute atomic E-state index is 0.315. The molecule has 0 unspecified atom stereocenters. The average Bonchev–Trinajstić information content (AvgIpc) is 2.93. The van der Waals surface area contributed by atoms with Crippen LogP contribution in [0.4, 0.5) is 0 Å². The largest absolute Gasteiger partial charge is 0.370 e. The van der Waals surface area contributed by atoms with Gasteiger partial charge in [-0.1, -0.05) is 29.8 Å². The van der Waals surface area contributed by atoms with Gasteiger partial charge in [-0.2, -0.15) is 0 Å². The molecule has 3 heteroatoms. The van der Waals surface area contributed by atoms with Gasteiger partial charge in [0.2, 0.25) is 0 Å². The Hall–Kier alpha value is -0.830. The maximum absolute atomic E-state index is 6.20. The SMILES string of the molecule is C=CC[C@@](C)(OCC[C@H]1CCCN1)c1ccc(Cl)cc1. The molecule has 20 heavy (non-hydrogen) atoms. The van der Waals surface area contributed by atoms with E-state index in [1.807, 2.05) is 30.3 Å². The van der Waals surface area contributed by atoms with Crippen LogP contribution in [0.25, 0.3) is 0 Å². The standard InChI is InChI=1S/C17H24ClNO/c1-3-11-17(2,14-6-8-15(18)9-7-14)20-13-10-16-5-4-12-19-16/h3,6-9,16,19H,1,4-5,10-13H2,2H3/t16-,17-/m1/s1. The van der Waals surface area contributed by atoms with E-state index in [2.05, 4.69) is 18.8 Å². The molecule has 1 aliphatic rings. The van der Waals surface area contributed by atoms with Crippen molar-refractivity contribution in [2.24, 2.45) is 0 Å². The Morgan fingerprint density at radius 2 is 2.20 bits per heavy atom. The highest BCUT2D eigenvalue weighted by Crippen LogP contribution is 2.31. The first-order chi connectivity index (χ1) is 9.64. The van der Waals surface area contributed by atoms with Gasteiger partial charge in [0.05, 0.1) is 5.60 Å². The van der Waals surface area contributed by atoms with Gasteiger partial charge in [-0.3, -0.25) is 0 Å². The third kappa shape index (κ3) is 4.08. The molecule has 0 spiro atoms. The molecule has 1 N–H and O–H groups in total. The van der Waals surface area contributed by atoms with Crippen LogP contribution in [0.3, 0.4) is 0 Å². The number of rotatable bonds is 7. The Morgan fingerprint density at radius 1 is 1.45 bits per heavy atom. The van der Waals surface area contributed by atoms with Crippen molar-refractivity contribution in [2.75, 3.05) is 13.2 Å². The lowest BCUT2D eigenvalue weighted by Crippen LogP contribution is -2.29. The van der Waals surface area contributed by atoms with Gasteiger partial charge < -0.3 is 10.1 Å². The Labute approximate surface area is 127 Å². The maximum Gasteiger partial charge on any atom is 0.0937 e. The van der Waals surface area contributed by atoms with Crippen molar-refractivity contribution in [3.63, 3.8) is 0 Å². The highest BCUT2D eigenvalue weighted by atomic mass is 35.5. The second-order valence-electron chi connectivity index (χ2n) is 5.66. The monoisotopic (exact) mass is 293 g/mol. The van der Waals surface area contributed by atoms with Crippen molar-refractivity contribution in [1.82, 2.24) is 5.32 Å². The van der Waals surface area contributed by atoms with Crippen molar-refractivity contribution >= 4 is 11.6 Å². The summed E-state index contributed by atoms with van der Waals surface area (Å²) in [5, 5.41) is 4.26. The van der Waals surface area contributed by atoms with E-state index in [9.17, 15) is 0 Å². The molecule has 2 rings (SSSR count). The summed E-state index contributed by atoms with van der Waals surface area (Å²) >= 11 is 5.96. The smallest absolute Gasteiger partial charge is 0.0937 e. The van der Waals surface area contributed by atoms with E-state index in [1.165, 1.54) is 12.8 Å². The second kappa shape index (κ2) is 7.26. The van der Waals surface area contributed by atoms with Gasteiger partial charge in [0.25, 0.3) is 0 Å². The Morgan fingerprint density at radius 3 is 2.80 bits per heavy atom. The molecule has 1 fully saturated rings. The lowest BCUT2D eigenvalue weighted by atomic mass is 9.92. The topological polar surface area (TPSA) is 21.3 Å². The zero-order chi connectivity index (χ0) is 14.4. The molecule has 110 valence electrons. The summed E-state index contributed by atoms with van der Waals surface area (Å²) in [4.78, 5) is 0. The summed E-state index contributed by atoms with van der Waals surface area (Å²) in [6.45, 7) is 7.89. The van der Waals surface area contributed by atoms with Gasteiger partial charge in [0, 0.05) is 17.7 Å². The fourth-order valence-corrected chi connectivity index (χ4v) is 2.89. The van der Waals surface area contributed by atoms with Crippen LogP contribution >= 0.6 is 11.6 Å². The fraction of sp³-hybridized carbons (Fsp3) is 0.529. The number of benzene rings is 1. The molecular formula is C17H24ClNO. The van der Waals surface area contributed by atoms with Crippen molar-refractivity contribution in [1.29, 1.82) is 0 Å². The van der Waals surface area contributed by atoms with E-state index in [-0.39, 0.29) is 5.60 Å². The van der Waals surface area contributed by atoms with Gasteiger partial charge in [0.1, 0.15) is 0 Å². The van der Waals surface area contributed by atoms with Crippen molar-refractivity contribution in [3.8, 4) is 0 Å². The van der Waals surface area contributed by atoms with Crippen LogP contribution in [0.15, 0.2) is 36.9 Å². The summed E-state index contributed by atoms with van der Waals surface area (Å²) in [5.74, 6) is 0. The molecule has 0 bridgehead atoms. The first-order valence-corrected chi connectivity index (χ1v) is 7.76. The molecule has 0 saturated carbocycles. The summed E-state index contributed by atoms with van der Waals surface area (Å²) in [7, 11) is 0. The molecule has 2 atom stereocenters. The van der Waals surface area contributed by atoms with Crippen LogP contribution in [0, 0.1) is 0 Å². The Balaban J connectivity index is 1.96. The van der Waals surface area contributed by atoms with Gasteiger partial charge in [0.15, 0.2) is 0 Å². The van der Waals surface area contributed by atoms with Crippen molar-refractivity contribution in [2.45, 2.75) is 44.2 Å². The lowest BCUT2D eigenvalue weighted by Gasteiger charge is -2.30. The molecule has 1 aliphatic heterocycles. The number of ether oxygens (including phenoxy) is 1. The first kappa shape index (κ1) is 15.6. The first-order valence-electron chi connectivity index (χ1n) is 7.38. The van der Waals surface area contributed by atoms with Crippen LogP contribution in [-0.2, 0) is 10.3 Å². The highest BCUT2D eigenvalue weighted by molar-refractivity contribution is 6.30. The van der Waals surface area contributed by atoms with Gasteiger partial charge in [-0.15, -0.1) is 6.58 Å². The van der Waals surface area contributed by atoms with Gasteiger partial charge in [-0.25, -0.2) is 0 Å². The average molecular weight is 294 g/mol.